The number of benzene rings is 1. The fourth-order valence-electron chi connectivity index (χ4n) is 1.96. The van der Waals surface area contributed by atoms with E-state index in [1.807, 2.05) is 18.2 Å². The van der Waals surface area contributed by atoms with Gasteiger partial charge in [0.2, 0.25) is 0 Å². The zero-order chi connectivity index (χ0) is 15.2. The molecule has 0 unspecified atom stereocenters. The fraction of sp³-hybridized carbons (Fsp3) is 0.333. The van der Waals surface area contributed by atoms with E-state index >= 15 is 0 Å². The van der Waals surface area contributed by atoms with Crippen molar-refractivity contribution in [2.45, 2.75) is 26.7 Å². The van der Waals surface area contributed by atoms with Crippen molar-refractivity contribution in [3.63, 3.8) is 0 Å². The summed E-state index contributed by atoms with van der Waals surface area (Å²) in [5, 5.41) is 7.31. The minimum absolute atomic E-state index is 0.663. The molecule has 0 fully saturated rings. The summed E-state index contributed by atoms with van der Waals surface area (Å²) in [6, 6.07) is 5.73. The first-order valence-electron chi connectivity index (χ1n) is 6.95. The van der Waals surface area contributed by atoms with Gasteiger partial charge in [-0.05, 0) is 47.0 Å². The Morgan fingerprint density at radius 1 is 1.19 bits per heavy atom. The fourth-order valence-corrected chi connectivity index (χ4v) is 2.39. The van der Waals surface area contributed by atoms with E-state index in [9.17, 15) is 0 Å². The number of halogens is 2. The monoisotopic (exact) mass is 368 g/mol. The molecule has 1 aromatic carbocycles. The number of nitrogens with one attached hydrogen (secondary N) is 2. The van der Waals surface area contributed by atoms with Gasteiger partial charge in [-0.2, -0.15) is 0 Å². The standard InChI is InChI=1S/C15H18BrClN4/c1-3-7-18-14-11(4-2)15(20-9-19-14)21-10-5-6-12(16)13(17)8-10/h5-6,8-9H,3-4,7H2,1-2H3,(H2,18,19,20,21). The molecule has 0 bridgehead atoms. The number of hydrogen-bond donors (Lipinski definition) is 2. The van der Waals surface area contributed by atoms with Crippen LogP contribution in [0.3, 0.4) is 0 Å². The van der Waals surface area contributed by atoms with Gasteiger partial charge in [0.15, 0.2) is 0 Å². The first-order valence-corrected chi connectivity index (χ1v) is 8.12. The molecule has 0 amide bonds. The molecule has 0 saturated heterocycles. The largest absolute Gasteiger partial charge is 0.370 e. The quantitative estimate of drug-likeness (QED) is 0.750. The number of anilines is 3. The summed E-state index contributed by atoms with van der Waals surface area (Å²) in [6.07, 6.45) is 3.47. The van der Waals surface area contributed by atoms with E-state index in [2.05, 4.69) is 50.4 Å². The van der Waals surface area contributed by atoms with Crippen molar-refractivity contribution in [1.29, 1.82) is 0 Å². The third-order valence-corrected chi connectivity index (χ3v) is 4.26. The molecule has 6 heteroatoms. The maximum Gasteiger partial charge on any atom is 0.139 e. The van der Waals surface area contributed by atoms with Crippen LogP contribution in [0.15, 0.2) is 29.0 Å². The van der Waals surface area contributed by atoms with Crippen molar-refractivity contribution in [1.82, 2.24) is 9.97 Å². The average molecular weight is 370 g/mol. The predicted octanol–water partition coefficient (Wildman–Crippen LogP) is 5.02. The van der Waals surface area contributed by atoms with Crippen LogP contribution in [-0.2, 0) is 6.42 Å². The molecule has 1 aromatic heterocycles. The van der Waals surface area contributed by atoms with Crippen LogP contribution in [0.2, 0.25) is 5.02 Å². The summed E-state index contributed by atoms with van der Waals surface area (Å²) in [6.45, 7) is 5.12. The third kappa shape index (κ3) is 4.08. The molecule has 21 heavy (non-hydrogen) atoms. The van der Waals surface area contributed by atoms with Crippen LogP contribution in [0.4, 0.5) is 17.3 Å². The highest BCUT2D eigenvalue weighted by Crippen LogP contribution is 2.29. The Hall–Kier alpha value is -1.33. The van der Waals surface area contributed by atoms with Crippen molar-refractivity contribution in [2.75, 3.05) is 17.2 Å². The van der Waals surface area contributed by atoms with E-state index in [1.54, 1.807) is 6.33 Å². The molecule has 112 valence electrons. The van der Waals surface area contributed by atoms with Crippen LogP contribution in [0.25, 0.3) is 0 Å². The number of nitrogens with zero attached hydrogens (tertiary/aromatic N) is 2. The summed E-state index contributed by atoms with van der Waals surface area (Å²) in [5.41, 5.74) is 1.98. The second-order valence-electron chi connectivity index (χ2n) is 4.58. The molecule has 2 rings (SSSR count). The van der Waals surface area contributed by atoms with Crippen LogP contribution in [-0.4, -0.2) is 16.5 Å². The molecule has 0 aliphatic heterocycles. The Kier molecular flexibility index (Phi) is 5.82. The number of rotatable bonds is 6. The minimum atomic E-state index is 0.663. The minimum Gasteiger partial charge on any atom is -0.370 e. The topological polar surface area (TPSA) is 49.8 Å². The van der Waals surface area contributed by atoms with Crippen LogP contribution in [0, 0.1) is 0 Å². The molecule has 4 nitrogen and oxygen atoms in total. The normalized spacial score (nSPS) is 10.5. The van der Waals surface area contributed by atoms with Gasteiger partial charge >= 0.3 is 0 Å². The maximum atomic E-state index is 6.12. The molecule has 2 N–H and O–H groups in total. The van der Waals surface area contributed by atoms with Crippen molar-refractivity contribution >= 4 is 44.9 Å². The van der Waals surface area contributed by atoms with Gasteiger partial charge in [0, 0.05) is 22.3 Å². The molecular formula is C15H18BrClN4. The molecule has 0 radical (unpaired) electrons. The summed E-state index contributed by atoms with van der Waals surface area (Å²) in [4.78, 5) is 8.67. The van der Waals surface area contributed by atoms with Crippen molar-refractivity contribution in [3.05, 3.63) is 39.6 Å². The smallest absolute Gasteiger partial charge is 0.139 e. The Balaban J connectivity index is 2.28. The lowest BCUT2D eigenvalue weighted by molar-refractivity contribution is 0.949. The summed E-state index contributed by atoms with van der Waals surface area (Å²) in [7, 11) is 0. The molecule has 0 aliphatic rings. The van der Waals surface area contributed by atoms with Crippen molar-refractivity contribution in [2.24, 2.45) is 0 Å². The van der Waals surface area contributed by atoms with E-state index in [1.165, 1.54) is 0 Å². The second kappa shape index (κ2) is 7.61. The van der Waals surface area contributed by atoms with Crippen LogP contribution >= 0.6 is 27.5 Å². The lowest BCUT2D eigenvalue weighted by atomic mass is 10.2. The SMILES string of the molecule is CCCNc1ncnc(Nc2ccc(Br)c(Cl)c2)c1CC. The van der Waals surface area contributed by atoms with Gasteiger partial charge in [0.1, 0.15) is 18.0 Å². The Morgan fingerprint density at radius 3 is 2.62 bits per heavy atom. The lowest BCUT2D eigenvalue weighted by Gasteiger charge is -2.14. The van der Waals surface area contributed by atoms with E-state index in [4.69, 9.17) is 11.6 Å². The molecule has 0 aliphatic carbocycles. The van der Waals surface area contributed by atoms with E-state index < -0.39 is 0 Å². The Labute approximate surface area is 138 Å². The first kappa shape index (κ1) is 16.0. The van der Waals surface area contributed by atoms with Gasteiger partial charge < -0.3 is 10.6 Å². The first-order chi connectivity index (χ1) is 10.2. The Bertz CT molecular complexity index is 619. The molecule has 0 saturated carbocycles. The summed E-state index contributed by atoms with van der Waals surface area (Å²) >= 11 is 9.51. The average Bonchev–Trinajstić information content (AvgIpc) is 2.49. The van der Waals surface area contributed by atoms with Gasteiger partial charge in [-0.3, -0.25) is 0 Å². The summed E-state index contributed by atoms with van der Waals surface area (Å²) < 4.78 is 0.874. The van der Waals surface area contributed by atoms with E-state index in [0.717, 1.165) is 46.7 Å². The van der Waals surface area contributed by atoms with Crippen molar-refractivity contribution in [3.8, 4) is 0 Å². The number of hydrogen-bond acceptors (Lipinski definition) is 4. The van der Waals surface area contributed by atoms with Crippen LogP contribution < -0.4 is 10.6 Å². The molecule has 2 aromatic rings. The predicted molar refractivity (Wildman–Crippen MR) is 92.6 cm³/mol. The molecule has 0 spiro atoms. The van der Waals surface area contributed by atoms with Crippen molar-refractivity contribution < 1.29 is 0 Å². The highest BCUT2D eigenvalue weighted by atomic mass is 79.9. The maximum absolute atomic E-state index is 6.12. The molecule has 1 heterocycles. The zero-order valence-corrected chi connectivity index (χ0v) is 14.4. The van der Waals surface area contributed by atoms with E-state index in [0.29, 0.717) is 5.02 Å². The third-order valence-electron chi connectivity index (χ3n) is 3.02. The number of aromatic nitrogens is 2. The highest BCUT2D eigenvalue weighted by Gasteiger charge is 2.10. The summed E-state index contributed by atoms with van der Waals surface area (Å²) in [5.74, 6) is 1.70. The van der Waals surface area contributed by atoms with Crippen LogP contribution in [0.1, 0.15) is 25.8 Å². The Morgan fingerprint density at radius 2 is 1.95 bits per heavy atom. The van der Waals surface area contributed by atoms with Gasteiger partial charge in [0.05, 0.1) is 5.02 Å². The van der Waals surface area contributed by atoms with Crippen LogP contribution in [0.5, 0.6) is 0 Å². The van der Waals surface area contributed by atoms with E-state index in [-0.39, 0.29) is 0 Å². The van der Waals surface area contributed by atoms with Gasteiger partial charge in [-0.15, -0.1) is 0 Å². The lowest BCUT2D eigenvalue weighted by Crippen LogP contribution is -2.08. The molecular weight excluding hydrogens is 352 g/mol. The second-order valence-corrected chi connectivity index (χ2v) is 5.85. The van der Waals surface area contributed by atoms with Gasteiger partial charge in [-0.25, -0.2) is 9.97 Å². The molecule has 0 atom stereocenters. The van der Waals surface area contributed by atoms with Gasteiger partial charge in [-0.1, -0.05) is 25.4 Å². The zero-order valence-electron chi connectivity index (χ0n) is 12.1. The van der Waals surface area contributed by atoms with Gasteiger partial charge in [0.25, 0.3) is 0 Å². The highest BCUT2D eigenvalue weighted by molar-refractivity contribution is 9.10.